The number of carbonyl (C=O) groups is 1. The van der Waals surface area contributed by atoms with E-state index in [0.717, 1.165) is 22.5 Å². The first-order valence-corrected chi connectivity index (χ1v) is 6.87. The quantitative estimate of drug-likeness (QED) is 0.777. The lowest BCUT2D eigenvalue weighted by Gasteiger charge is -2.23. The second kappa shape index (κ2) is 5.32. The molecule has 1 fully saturated rings. The SMILES string of the molecule is CC(C(=O)c1ccc(Br)cc1)N(C)CC1CC1. The summed E-state index contributed by atoms with van der Waals surface area (Å²) in [4.78, 5) is 14.4. The van der Waals surface area contributed by atoms with E-state index in [1.54, 1.807) is 0 Å². The molecule has 1 aliphatic rings. The molecule has 0 bridgehead atoms. The normalized spacial score (nSPS) is 17.2. The molecule has 1 saturated carbocycles. The zero-order valence-corrected chi connectivity index (χ0v) is 11.9. The molecule has 0 radical (unpaired) electrons. The predicted molar refractivity (Wildman–Crippen MR) is 73.3 cm³/mol. The van der Waals surface area contributed by atoms with Crippen LogP contribution in [0.2, 0.25) is 0 Å². The topological polar surface area (TPSA) is 20.3 Å². The lowest BCUT2D eigenvalue weighted by Crippen LogP contribution is -2.37. The molecule has 2 rings (SSSR count). The molecule has 17 heavy (non-hydrogen) atoms. The van der Waals surface area contributed by atoms with E-state index in [-0.39, 0.29) is 11.8 Å². The van der Waals surface area contributed by atoms with Crippen LogP contribution in [-0.4, -0.2) is 30.3 Å². The number of hydrogen-bond acceptors (Lipinski definition) is 2. The summed E-state index contributed by atoms with van der Waals surface area (Å²) >= 11 is 3.38. The van der Waals surface area contributed by atoms with E-state index < -0.39 is 0 Å². The summed E-state index contributed by atoms with van der Waals surface area (Å²) in [6.07, 6.45) is 2.65. The van der Waals surface area contributed by atoms with Gasteiger partial charge in [0.05, 0.1) is 6.04 Å². The van der Waals surface area contributed by atoms with Crippen LogP contribution in [0.15, 0.2) is 28.7 Å². The molecule has 0 aromatic heterocycles. The Morgan fingerprint density at radius 2 is 2.00 bits per heavy atom. The summed E-state index contributed by atoms with van der Waals surface area (Å²) < 4.78 is 1.01. The Morgan fingerprint density at radius 1 is 1.41 bits per heavy atom. The van der Waals surface area contributed by atoms with Gasteiger partial charge in [-0.05, 0) is 44.9 Å². The lowest BCUT2D eigenvalue weighted by molar-refractivity contribution is 0.0864. The first-order chi connectivity index (χ1) is 8.08. The number of carbonyl (C=O) groups excluding carboxylic acids is 1. The molecule has 0 spiro atoms. The molecule has 1 aliphatic carbocycles. The van der Waals surface area contributed by atoms with Crippen LogP contribution in [0, 0.1) is 5.92 Å². The molecule has 1 aromatic rings. The van der Waals surface area contributed by atoms with Crippen molar-refractivity contribution in [2.24, 2.45) is 5.92 Å². The number of hydrogen-bond donors (Lipinski definition) is 0. The molecule has 1 atom stereocenters. The molecule has 0 N–H and O–H groups in total. The van der Waals surface area contributed by atoms with Crippen molar-refractivity contribution in [3.8, 4) is 0 Å². The van der Waals surface area contributed by atoms with E-state index in [9.17, 15) is 4.79 Å². The van der Waals surface area contributed by atoms with E-state index in [1.165, 1.54) is 12.8 Å². The van der Waals surface area contributed by atoms with Crippen molar-refractivity contribution in [2.75, 3.05) is 13.6 Å². The molecular weight excluding hydrogens is 278 g/mol. The van der Waals surface area contributed by atoms with Gasteiger partial charge in [-0.2, -0.15) is 0 Å². The van der Waals surface area contributed by atoms with Gasteiger partial charge in [-0.3, -0.25) is 9.69 Å². The Bertz CT molecular complexity index is 397. The first kappa shape index (κ1) is 12.8. The summed E-state index contributed by atoms with van der Waals surface area (Å²) in [6.45, 7) is 3.04. The van der Waals surface area contributed by atoms with E-state index >= 15 is 0 Å². The van der Waals surface area contributed by atoms with Gasteiger partial charge in [0.25, 0.3) is 0 Å². The van der Waals surface area contributed by atoms with Crippen molar-refractivity contribution in [1.82, 2.24) is 4.90 Å². The molecule has 0 saturated heterocycles. The minimum Gasteiger partial charge on any atom is -0.296 e. The fraction of sp³-hybridized carbons (Fsp3) is 0.500. The number of benzene rings is 1. The van der Waals surface area contributed by atoms with Crippen molar-refractivity contribution in [2.45, 2.75) is 25.8 Å². The Morgan fingerprint density at radius 3 is 2.53 bits per heavy atom. The average molecular weight is 296 g/mol. The van der Waals surface area contributed by atoms with E-state index in [0.29, 0.717) is 0 Å². The standard InChI is InChI=1S/C14H18BrNO/c1-10(16(2)9-11-3-4-11)14(17)12-5-7-13(15)8-6-12/h5-8,10-11H,3-4,9H2,1-2H3. The smallest absolute Gasteiger partial charge is 0.179 e. The van der Waals surface area contributed by atoms with Crippen LogP contribution >= 0.6 is 15.9 Å². The van der Waals surface area contributed by atoms with Gasteiger partial charge in [0.1, 0.15) is 0 Å². The van der Waals surface area contributed by atoms with Gasteiger partial charge in [-0.25, -0.2) is 0 Å². The maximum Gasteiger partial charge on any atom is 0.179 e. The molecule has 1 aromatic carbocycles. The second-order valence-electron chi connectivity index (χ2n) is 4.93. The monoisotopic (exact) mass is 295 g/mol. The van der Waals surface area contributed by atoms with Crippen molar-refractivity contribution >= 4 is 21.7 Å². The molecule has 0 heterocycles. The minimum absolute atomic E-state index is 0.0308. The van der Waals surface area contributed by atoms with Gasteiger partial charge in [0, 0.05) is 16.6 Å². The van der Waals surface area contributed by atoms with Crippen LogP contribution in [-0.2, 0) is 0 Å². The summed E-state index contributed by atoms with van der Waals surface area (Å²) in [5, 5.41) is 0. The third kappa shape index (κ3) is 3.39. The summed E-state index contributed by atoms with van der Waals surface area (Å²) in [5.74, 6) is 1.03. The highest BCUT2D eigenvalue weighted by Crippen LogP contribution is 2.30. The molecule has 0 amide bonds. The highest BCUT2D eigenvalue weighted by molar-refractivity contribution is 9.10. The predicted octanol–water partition coefficient (Wildman–Crippen LogP) is 3.36. The molecule has 0 aliphatic heterocycles. The van der Waals surface area contributed by atoms with Gasteiger partial charge >= 0.3 is 0 Å². The van der Waals surface area contributed by atoms with Crippen LogP contribution in [0.3, 0.4) is 0 Å². The zero-order valence-electron chi connectivity index (χ0n) is 10.3. The Labute approximate surface area is 111 Å². The molecular formula is C14H18BrNO. The Hall–Kier alpha value is -0.670. The number of ketones is 1. The van der Waals surface area contributed by atoms with E-state index in [1.807, 2.05) is 38.2 Å². The average Bonchev–Trinajstić information content (AvgIpc) is 3.12. The Kier molecular flexibility index (Phi) is 4.00. The minimum atomic E-state index is -0.0308. The van der Waals surface area contributed by atoms with Crippen LogP contribution in [0.1, 0.15) is 30.1 Å². The van der Waals surface area contributed by atoms with E-state index in [4.69, 9.17) is 0 Å². The third-order valence-electron chi connectivity index (χ3n) is 3.41. The molecule has 92 valence electrons. The zero-order chi connectivity index (χ0) is 12.4. The van der Waals surface area contributed by atoms with Crippen molar-refractivity contribution in [1.29, 1.82) is 0 Å². The number of rotatable bonds is 5. The maximum absolute atomic E-state index is 12.2. The van der Waals surface area contributed by atoms with Crippen molar-refractivity contribution in [3.05, 3.63) is 34.3 Å². The number of nitrogens with zero attached hydrogens (tertiary/aromatic N) is 1. The fourth-order valence-corrected chi connectivity index (χ4v) is 2.19. The van der Waals surface area contributed by atoms with Crippen LogP contribution < -0.4 is 0 Å². The number of Topliss-reactive ketones (excluding diaryl/α,β-unsaturated/α-hetero) is 1. The lowest BCUT2D eigenvalue weighted by atomic mass is 10.0. The fourth-order valence-electron chi connectivity index (χ4n) is 1.92. The van der Waals surface area contributed by atoms with Gasteiger partial charge in [-0.1, -0.05) is 28.1 Å². The second-order valence-corrected chi connectivity index (χ2v) is 5.85. The molecule has 3 heteroatoms. The van der Waals surface area contributed by atoms with Crippen LogP contribution in [0.5, 0.6) is 0 Å². The van der Waals surface area contributed by atoms with Crippen LogP contribution in [0.4, 0.5) is 0 Å². The Balaban J connectivity index is 1.99. The van der Waals surface area contributed by atoms with Gasteiger partial charge in [0.15, 0.2) is 5.78 Å². The van der Waals surface area contributed by atoms with Gasteiger partial charge < -0.3 is 0 Å². The van der Waals surface area contributed by atoms with Crippen LogP contribution in [0.25, 0.3) is 0 Å². The van der Waals surface area contributed by atoms with E-state index in [2.05, 4.69) is 20.8 Å². The summed E-state index contributed by atoms with van der Waals surface area (Å²) in [5.41, 5.74) is 0.795. The number of halogens is 1. The number of likely N-dealkylation sites (N-methyl/N-ethyl adjacent to an activating group) is 1. The highest BCUT2D eigenvalue weighted by Gasteiger charge is 2.27. The maximum atomic E-state index is 12.2. The third-order valence-corrected chi connectivity index (χ3v) is 3.94. The first-order valence-electron chi connectivity index (χ1n) is 6.08. The van der Waals surface area contributed by atoms with Gasteiger partial charge in [0.2, 0.25) is 0 Å². The highest BCUT2D eigenvalue weighted by atomic mass is 79.9. The van der Waals surface area contributed by atoms with Gasteiger partial charge in [-0.15, -0.1) is 0 Å². The van der Waals surface area contributed by atoms with Crippen molar-refractivity contribution < 1.29 is 4.79 Å². The van der Waals surface area contributed by atoms with Crippen molar-refractivity contribution in [3.63, 3.8) is 0 Å². The largest absolute Gasteiger partial charge is 0.296 e. The summed E-state index contributed by atoms with van der Waals surface area (Å²) in [6, 6.07) is 7.57. The molecule has 2 nitrogen and oxygen atoms in total. The summed E-state index contributed by atoms with van der Waals surface area (Å²) in [7, 11) is 2.04. The molecule has 1 unspecified atom stereocenters.